The third-order valence-electron chi connectivity index (χ3n) is 4.68. The van der Waals surface area contributed by atoms with E-state index < -0.39 is 7.26 Å². The zero-order valence-corrected chi connectivity index (χ0v) is 17.4. The van der Waals surface area contributed by atoms with Crippen molar-refractivity contribution in [3.05, 3.63) is 0 Å². The lowest BCUT2D eigenvalue weighted by atomic mass is 10.0. The molecule has 0 heterocycles. The summed E-state index contributed by atoms with van der Waals surface area (Å²) >= 11 is 0. The second kappa shape index (κ2) is 16.3. The Hall–Kier alpha value is 0.430. The molecule has 0 aliphatic heterocycles. The second-order valence-electron chi connectivity index (χ2n) is 8.32. The maximum absolute atomic E-state index is 2.47. The van der Waals surface area contributed by atoms with E-state index in [0.29, 0.717) is 0 Å². The van der Waals surface area contributed by atoms with Crippen LogP contribution in [0.4, 0.5) is 0 Å². The Morgan fingerprint density at radius 3 is 0.955 bits per heavy atom. The molecule has 135 valence electrons. The van der Waals surface area contributed by atoms with Gasteiger partial charge in [-0.3, -0.25) is 0 Å². The minimum Gasteiger partial charge on any atom is -0.134 e. The molecule has 0 aromatic heterocycles. The van der Waals surface area contributed by atoms with E-state index >= 15 is 0 Å². The summed E-state index contributed by atoms with van der Waals surface area (Å²) in [5.74, 6) is 0. The summed E-state index contributed by atoms with van der Waals surface area (Å²) in [6.07, 6.45) is 25.1. The van der Waals surface area contributed by atoms with Gasteiger partial charge >= 0.3 is 0 Å². The standard InChI is InChI=1S/C21H46P/c1-5-6-7-8-9-10-11-12-13-14-15-16-17-18-19-20-21-22(2,3)4/h5-21H2,1-4H3. The Morgan fingerprint density at radius 1 is 0.409 bits per heavy atom. The van der Waals surface area contributed by atoms with Crippen LogP contribution in [0.2, 0.25) is 0 Å². The van der Waals surface area contributed by atoms with Crippen molar-refractivity contribution >= 4 is 7.26 Å². The molecule has 0 nitrogen and oxygen atoms in total. The van der Waals surface area contributed by atoms with Crippen molar-refractivity contribution in [2.24, 2.45) is 0 Å². The summed E-state index contributed by atoms with van der Waals surface area (Å²) in [7, 11) is -0.504. The second-order valence-corrected chi connectivity index (χ2v) is 13.3. The fourth-order valence-corrected chi connectivity index (χ4v) is 4.31. The van der Waals surface area contributed by atoms with Crippen molar-refractivity contribution in [3.8, 4) is 0 Å². The number of hydrogen-bond acceptors (Lipinski definition) is 0. The Kier molecular flexibility index (Phi) is 16.6. The van der Waals surface area contributed by atoms with E-state index in [-0.39, 0.29) is 0 Å². The van der Waals surface area contributed by atoms with Gasteiger partial charge in [-0.1, -0.05) is 103 Å². The van der Waals surface area contributed by atoms with Crippen molar-refractivity contribution in [1.82, 2.24) is 0 Å². The SMILES string of the molecule is CCCCCCCCCCCCCCCCCC[P](C)(C)C. The molecule has 22 heavy (non-hydrogen) atoms. The smallest absolute Gasteiger partial charge is 0.0366 e. The first-order valence-electron chi connectivity index (χ1n) is 10.4. The molecule has 1 radical (unpaired) electrons. The van der Waals surface area contributed by atoms with E-state index in [1.807, 2.05) is 0 Å². The molecule has 0 N–H and O–H groups in total. The lowest BCUT2D eigenvalue weighted by molar-refractivity contribution is 0.531. The van der Waals surface area contributed by atoms with Gasteiger partial charge in [0.15, 0.2) is 0 Å². The van der Waals surface area contributed by atoms with Gasteiger partial charge in [0.25, 0.3) is 0 Å². The van der Waals surface area contributed by atoms with Crippen LogP contribution >= 0.6 is 7.26 Å². The number of hydrogen-bond donors (Lipinski definition) is 0. The fourth-order valence-electron chi connectivity index (χ4n) is 3.13. The Balaban J connectivity index is 3.00. The highest BCUT2D eigenvalue weighted by molar-refractivity contribution is 7.73. The molecule has 0 aromatic rings. The maximum atomic E-state index is 2.47. The van der Waals surface area contributed by atoms with Crippen LogP contribution in [0.3, 0.4) is 0 Å². The lowest BCUT2D eigenvalue weighted by Crippen LogP contribution is -1.92. The van der Waals surface area contributed by atoms with Crippen LogP contribution in [0.1, 0.15) is 110 Å². The van der Waals surface area contributed by atoms with Gasteiger partial charge < -0.3 is 0 Å². The summed E-state index contributed by atoms with van der Waals surface area (Å²) in [6.45, 7) is 9.71. The molecule has 0 unspecified atom stereocenters. The van der Waals surface area contributed by atoms with Gasteiger partial charge in [0.2, 0.25) is 0 Å². The van der Waals surface area contributed by atoms with Crippen molar-refractivity contribution in [2.45, 2.75) is 110 Å². The topological polar surface area (TPSA) is 0 Å². The number of unbranched alkanes of at least 4 members (excludes halogenated alkanes) is 15. The van der Waals surface area contributed by atoms with Gasteiger partial charge in [0.1, 0.15) is 0 Å². The van der Waals surface area contributed by atoms with Crippen LogP contribution in [-0.4, -0.2) is 26.2 Å². The average Bonchev–Trinajstić information content (AvgIpc) is 2.45. The van der Waals surface area contributed by atoms with Crippen LogP contribution in [-0.2, 0) is 0 Å². The minimum atomic E-state index is -0.504. The quantitative estimate of drug-likeness (QED) is 0.186. The summed E-state index contributed by atoms with van der Waals surface area (Å²) in [4.78, 5) is 0. The highest BCUT2D eigenvalue weighted by Crippen LogP contribution is 2.47. The van der Waals surface area contributed by atoms with Crippen molar-refractivity contribution in [3.63, 3.8) is 0 Å². The molecule has 0 aliphatic rings. The molecule has 0 aliphatic carbocycles. The molecular weight excluding hydrogens is 283 g/mol. The Labute approximate surface area is 143 Å². The first-order chi connectivity index (χ1) is 10.6. The fraction of sp³-hybridized carbons (Fsp3) is 1.00. The van der Waals surface area contributed by atoms with Crippen LogP contribution in [0.5, 0.6) is 0 Å². The van der Waals surface area contributed by atoms with Crippen molar-refractivity contribution in [2.75, 3.05) is 26.2 Å². The third-order valence-corrected chi connectivity index (χ3v) is 6.34. The normalized spacial score (nSPS) is 12.0. The third kappa shape index (κ3) is 20.4. The van der Waals surface area contributed by atoms with Crippen LogP contribution in [0, 0.1) is 0 Å². The minimum absolute atomic E-state index is 0.504. The monoisotopic (exact) mass is 329 g/mol. The molecule has 0 rings (SSSR count). The zero-order valence-electron chi connectivity index (χ0n) is 16.5. The average molecular weight is 330 g/mol. The first-order valence-corrected chi connectivity index (χ1v) is 13.7. The highest BCUT2D eigenvalue weighted by Gasteiger charge is 2.05. The largest absolute Gasteiger partial charge is 0.134 e. The summed E-state index contributed by atoms with van der Waals surface area (Å²) in [6, 6.07) is 0. The molecule has 0 bridgehead atoms. The molecule has 0 fully saturated rings. The predicted molar refractivity (Wildman–Crippen MR) is 109 cm³/mol. The molecule has 0 spiro atoms. The summed E-state index contributed by atoms with van der Waals surface area (Å²) in [5.41, 5.74) is 0. The van der Waals surface area contributed by atoms with Crippen molar-refractivity contribution in [1.29, 1.82) is 0 Å². The van der Waals surface area contributed by atoms with Gasteiger partial charge in [-0.2, -0.15) is 0 Å². The molecule has 0 aromatic carbocycles. The van der Waals surface area contributed by atoms with Gasteiger partial charge in [-0.05, 0) is 32.6 Å². The summed E-state index contributed by atoms with van der Waals surface area (Å²) in [5, 5.41) is 0. The molecular formula is C21H46P. The lowest BCUT2D eigenvalue weighted by Gasteiger charge is -2.20. The van der Waals surface area contributed by atoms with E-state index in [2.05, 4.69) is 26.9 Å². The molecule has 1 heteroatoms. The Morgan fingerprint density at radius 2 is 0.682 bits per heavy atom. The Bertz CT molecular complexity index is 204. The van der Waals surface area contributed by atoms with E-state index in [1.165, 1.54) is 109 Å². The number of rotatable bonds is 17. The first kappa shape index (κ1) is 22.4. The van der Waals surface area contributed by atoms with Gasteiger partial charge in [0, 0.05) is 0 Å². The van der Waals surface area contributed by atoms with Crippen LogP contribution in [0.15, 0.2) is 0 Å². The van der Waals surface area contributed by atoms with E-state index in [4.69, 9.17) is 0 Å². The van der Waals surface area contributed by atoms with Gasteiger partial charge in [-0.25, -0.2) is 0 Å². The maximum Gasteiger partial charge on any atom is -0.0366 e. The van der Waals surface area contributed by atoms with E-state index in [0.717, 1.165) is 0 Å². The summed E-state index contributed by atoms with van der Waals surface area (Å²) < 4.78 is 0. The van der Waals surface area contributed by atoms with E-state index in [1.54, 1.807) is 0 Å². The highest BCUT2D eigenvalue weighted by atomic mass is 31.2. The molecule has 0 saturated heterocycles. The molecule has 0 amide bonds. The van der Waals surface area contributed by atoms with Crippen LogP contribution < -0.4 is 0 Å². The van der Waals surface area contributed by atoms with Crippen LogP contribution in [0.25, 0.3) is 0 Å². The van der Waals surface area contributed by atoms with Gasteiger partial charge in [0.05, 0.1) is 0 Å². The van der Waals surface area contributed by atoms with Gasteiger partial charge in [-0.15, -0.1) is 7.26 Å². The molecule has 0 atom stereocenters. The van der Waals surface area contributed by atoms with Crippen molar-refractivity contribution < 1.29 is 0 Å². The predicted octanol–water partition coefficient (Wildman–Crippen LogP) is 8.15. The molecule has 0 saturated carbocycles. The van der Waals surface area contributed by atoms with E-state index in [9.17, 15) is 0 Å². The zero-order chi connectivity index (χ0) is 16.5.